The fraction of sp³-hybridized carbons (Fsp3) is 0.432. The number of carboxylic acid groups (broad SMARTS) is 1. The Morgan fingerprint density at radius 3 is 2.27 bits per heavy atom. The third-order valence-corrected chi connectivity index (χ3v) is 11.9. The monoisotopic (exact) mass is 794 g/mol. The number of nitrogens with zero attached hydrogens (tertiary/aromatic N) is 2. The highest BCUT2D eigenvalue weighted by Crippen LogP contribution is 2.25. The second-order valence-corrected chi connectivity index (χ2v) is 16.1. The van der Waals surface area contributed by atoms with Gasteiger partial charge in [0.1, 0.15) is 36.0 Å². The van der Waals surface area contributed by atoms with Gasteiger partial charge in [0.2, 0.25) is 29.5 Å². The van der Waals surface area contributed by atoms with E-state index in [0.717, 1.165) is 5.56 Å². The Balaban J connectivity index is 1.33. The van der Waals surface area contributed by atoms with Crippen LogP contribution in [0.5, 0.6) is 5.75 Å². The molecule has 2 aliphatic heterocycles. The second kappa shape index (κ2) is 20.0. The molecule has 0 radical (unpaired) electrons. The van der Waals surface area contributed by atoms with Crippen LogP contribution in [0.25, 0.3) is 0 Å². The summed E-state index contributed by atoms with van der Waals surface area (Å²) in [5.41, 5.74) is 8.03. The lowest BCUT2D eigenvalue weighted by Crippen LogP contribution is -2.60. The molecule has 6 atom stereocenters. The summed E-state index contributed by atoms with van der Waals surface area (Å²) in [6.07, 6.45) is 4.38. The van der Waals surface area contributed by atoms with Crippen LogP contribution >= 0.6 is 21.6 Å². The SMILES string of the molecule is N[C@H]1CCSSCC[C@@H](C(=O)N[C@@H](Cc2cnc[nH]2)C(=O)N2CCC[C@H]2C(=O)N[C@@H](Cc2ccccc2)C(=O)O)NC(=O)[C@H](Cc2ccc(O)cc2)NC1=O. The number of hydrogen-bond acceptors (Lipinski definition) is 11. The van der Waals surface area contributed by atoms with Gasteiger partial charge in [0, 0.05) is 49.2 Å². The van der Waals surface area contributed by atoms with Crippen molar-refractivity contribution in [2.75, 3.05) is 18.1 Å². The summed E-state index contributed by atoms with van der Waals surface area (Å²) in [5.74, 6) is -3.14. The molecular formula is C37H46N8O8S2. The van der Waals surface area contributed by atoms with Crippen LogP contribution < -0.4 is 27.0 Å². The van der Waals surface area contributed by atoms with Gasteiger partial charge in [-0.1, -0.05) is 64.1 Å². The van der Waals surface area contributed by atoms with Crippen LogP contribution in [-0.2, 0) is 48.0 Å². The van der Waals surface area contributed by atoms with Crippen molar-refractivity contribution in [2.24, 2.45) is 5.73 Å². The van der Waals surface area contributed by atoms with Crippen molar-refractivity contribution in [3.63, 3.8) is 0 Å². The van der Waals surface area contributed by atoms with E-state index in [1.807, 2.05) is 0 Å². The molecule has 9 N–H and O–H groups in total. The van der Waals surface area contributed by atoms with Gasteiger partial charge in [-0.2, -0.15) is 0 Å². The number of nitrogens with one attached hydrogen (secondary N) is 5. The Kier molecular flexibility index (Phi) is 15.0. The molecule has 2 saturated heterocycles. The number of aliphatic carboxylic acids is 1. The molecule has 18 heteroatoms. The van der Waals surface area contributed by atoms with Gasteiger partial charge in [0.05, 0.1) is 12.4 Å². The molecule has 0 saturated carbocycles. The molecule has 3 heterocycles. The number of phenols is 1. The van der Waals surface area contributed by atoms with Crippen molar-refractivity contribution in [2.45, 2.75) is 81.2 Å². The number of carbonyl (C=O) groups excluding carboxylic acids is 5. The minimum atomic E-state index is -1.23. The molecule has 0 spiro atoms. The van der Waals surface area contributed by atoms with Crippen molar-refractivity contribution < 1.29 is 39.0 Å². The summed E-state index contributed by atoms with van der Waals surface area (Å²) in [6, 6.07) is 8.60. The van der Waals surface area contributed by atoms with Crippen LogP contribution in [0, 0.1) is 0 Å². The Labute approximate surface area is 325 Å². The molecule has 3 aromatic rings. The Morgan fingerprint density at radius 2 is 1.58 bits per heavy atom. The minimum absolute atomic E-state index is 0.0101. The van der Waals surface area contributed by atoms with E-state index in [-0.39, 0.29) is 38.0 Å². The standard InChI is InChI=1S/C37H46N8O8S2/c38-26-12-15-54-55-16-13-27(41-34(49)28(42-32(26)47)17-23-8-10-25(46)11-9-23)33(48)43-29(19-24-20-39-21-40-24)36(51)45-14-4-7-31(45)35(50)44-30(37(52)53)18-22-5-2-1-3-6-22/h1-3,5-6,8-11,20-21,26-31,46H,4,7,12-19,38H2,(H,39,40)(H,41,49)(H,42,47)(H,43,48)(H,44,50)(H,52,53)/t26-,27-,28-,29-,30-,31-/m0/s1. The van der Waals surface area contributed by atoms with Crippen molar-refractivity contribution in [1.82, 2.24) is 36.1 Å². The van der Waals surface area contributed by atoms with Crippen LogP contribution in [0.1, 0.15) is 42.5 Å². The zero-order valence-corrected chi connectivity index (χ0v) is 31.7. The largest absolute Gasteiger partial charge is 0.508 e. The molecule has 0 unspecified atom stereocenters. The molecule has 5 amide bonds. The number of amides is 5. The topological polar surface area (TPSA) is 249 Å². The number of aromatic amines is 1. The summed E-state index contributed by atoms with van der Waals surface area (Å²) in [4.78, 5) is 89.2. The maximum Gasteiger partial charge on any atom is 0.326 e. The zero-order valence-electron chi connectivity index (χ0n) is 30.0. The number of aromatic hydroxyl groups is 1. The first-order chi connectivity index (χ1) is 26.5. The molecule has 16 nitrogen and oxygen atoms in total. The van der Waals surface area contributed by atoms with Crippen molar-refractivity contribution in [3.8, 4) is 5.75 Å². The van der Waals surface area contributed by atoms with Crippen LogP contribution in [0.2, 0.25) is 0 Å². The lowest BCUT2D eigenvalue weighted by Gasteiger charge is -2.30. The van der Waals surface area contributed by atoms with Crippen LogP contribution in [0.3, 0.4) is 0 Å². The summed E-state index contributed by atoms with van der Waals surface area (Å²) < 4.78 is 0. The van der Waals surface area contributed by atoms with Gasteiger partial charge < -0.3 is 47.1 Å². The number of imidazole rings is 1. The highest BCUT2D eigenvalue weighted by molar-refractivity contribution is 8.76. The Morgan fingerprint density at radius 1 is 0.873 bits per heavy atom. The summed E-state index contributed by atoms with van der Waals surface area (Å²) >= 11 is 0. The van der Waals surface area contributed by atoms with Gasteiger partial charge in [0.25, 0.3) is 0 Å². The van der Waals surface area contributed by atoms with Crippen molar-refractivity contribution in [3.05, 3.63) is 83.9 Å². The Hall–Kier alpha value is -5.07. The first kappa shape index (κ1) is 41.1. The van der Waals surface area contributed by atoms with Crippen molar-refractivity contribution >= 4 is 57.1 Å². The Bertz CT molecular complexity index is 1780. The predicted molar refractivity (Wildman–Crippen MR) is 206 cm³/mol. The number of phenolic OH excluding ortho intramolecular Hbond substituents is 1. The molecule has 2 fully saturated rings. The molecule has 1 aromatic heterocycles. The van der Waals surface area contributed by atoms with Crippen molar-refractivity contribution in [1.29, 1.82) is 0 Å². The normalized spacial score (nSPS) is 22.1. The lowest BCUT2D eigenvalue weighted by molar-refractivity contribution is -0.145. The van der Waals surface area contributed by atoms with Gasteiger partial charge in [0.15, 0.2) is 0 Å². The van der Waals surface area contributed by atoms with Crippen LogP contribution in [0.15, 0.2) is 67.1 Å². The molecule has 0 bridgehead atoms. The smallest absolute Gasteiger partial charge is 0.326 e. The van der Waals surface area contributed by atoms with Crippen LogP contribution in [0.4, 0.5) is 0 Å². The number of H-pyrrole nitrogens is 1. The van der Waals surface area contributed by atoms with E-state index < -0.39 is 71.8 Å². The van der Waals surface area contributed by atoms with Crippen LogP contribution in [-0.4, -0.2) is 115 Å². The molecular weight excluding hydrogens is 749 g/mol. The maximum atomic E-state index is 14.3. The number of aromatic nitrogens is 2. The molecule has 2 aromatic carbocycles. The number of carbonyl (C=O) groups is 6. The van der Waals surface area contributed by atoms with E-state index in [9.17, 15) is 39.0 Å². The van der Waals surface area contributed by atoms with E-state index >= 15 is 0 Å². The quantitative estimate of drug-likeness (QED) is 0.118. The van der Waals surface area contributed by atoms with E-state index in [1.165, 1.54) is 51.1 Å². The van der Waals surface area contributed by atoms with Gasteiger partial charge in [-0.3, -0.25) is 24.0 Å². The van der Waals surface area contributed by atoms with Gasteiger partial charge in [-0.05, 0) is 48.9 Å². The third kappa shape index (κ3) is 12.0. The van der Waals surface area contributed by atoms with Gasteiger partial charge >= 0.3 is 5.97 Å². The molecule has 55 heavy (non-hydrogen) atoms. The number of benzene rings is 2. The van der Waals surface area contributed by atoms with E-state index in [0.29, 0.717) is 42.0 Å². The van der Waals surface area contributed by atoms with E-state index in [2.05, 4.69) is 31.2 Å². The lowest BCUT2D eigenvalue weighted by atomic mass is 10.0. The van der Waals surface area contributed by atoms with E-state index in [4.69, 9.17) is 5.73 Å². The fourth-order valence-corrected chi connectivity index (χ4v) is 8.60. The molecule has 5 rings (SSSR count). The number of hydrogen-bond donors (Lipinski definition) is 8. The predicted octanol–water partition coefficient (Wildman–Crippen LogP) is 0.661. The first-order valence-electron chi connectivity index (χ1n) is 18.0. The zero-order chi connectivity index (χ0) is 39.3. The average molecular weight is 795 g/mol. The highest BCUT2D eigenvalue weighted by atomic mass is 33.1. The van der Waals surface area contributed by atoms with E-state index in [1.54, 1.807) is 42.5 Å². The maximum absolute atomic E-state index is 14.3. The van der Waals surface area contributed by atoms with Gasteiger partial charge in [-0.25, -0.2) is 9.78 Å². The fourth-order valence-electron chi connectivity index (χ4n) is 6.40. The van der Waals surface area contributed by atoms with Gasteiger partial charge in [-0.15, -0.1) is 0 Å². The summed E-state index contributed by atoms with van der Waals surface area (Å²) in [6.45, 7) is 0.206. The number of likely N-dealkylation sites (tertiary alicyclic amines) is 1. The molecule has 294 valence electrons. The average Bonchev–Trinajstić information content (AvgIpc) is 3.88. The highest BCUT2D eigenvalue weighted by Gasteiger charge is 2.40. The molecule has 0 aliphatic carbocycles. The molecule has 2 aliphatic rings. The number of carboxylic acids is 1. The summed E-state index contributed by atoms with van der Waals surface area (Å²) in [7, 11) is 2.95. The minimum Gasteiger partial charge on any atom is -0.508 e. The third-order valence-electron chi connectivity index (χ3n) is 9.39. The number of nitrogens with two attached hydrogens (primary N) is 1. The summed E-state index contributed by atoms with van der Waals surface area (Å²) in [5, 5.41) is 30.6. The first-order valence-corrected chi connectivity index (χ1v) is 20.5. The number of rotatable bonds is 12. The second-order valence-electron chi connectivity index (χ2n) is 13.4.